The van der Waals surface area contributed by atoms with Crippen molar-refractivity contribution in [2.24, 2.45) is 0 Å². The van der Waals surface area contributed by atoms with Crippen LogP contribution in [0, 0.1) is 0 Å². The summed E-state index contributed by atoms with van der Waals surface area (Å²) in [7, 11) is 0. The lowest BCUT2D eigenvalue weighted by Gasteiger charge is -2.14. The Bertz CT molecular complexity index is 670. The molecule has 0 aromatic heterocycles. The van der Waals surface area contributed by atoms with Gasteiger partial charge in [0.25, 0.3) is 0 Å². The quantitative estimate of drug-likeness (QED) is 0.646. The van der Waals surface area contributed by atoms with Crippen LogP contribution in [0.1, 0.15) is 5.56 Å². The molecule has 0 spiro atoms. The molecule has 0 saturated carbocycles. The molecule has 21 heavy (non-hydrogen) atoms. The molecule has 0 radical (unpaired) electrons. The zero-order valence-corrected chi connectivity index (χ0v) is 15.5. The van der Waals surface area contributed by atoms with Crippen molar-refractivity contribution in [3.63, 3.8) is 0 Å². The van der Waals surface area contributed by atoms with Crippen molar-refractivity contribution in [3.8, 4) is 0 Å². The number of carbonyl (C=O) groups excluding carboxylic acids is 1. The molecule has 6 heteroatoms. The number of hydrogen-bond donors (Lipinski definition) is 2. The van der Waals surface area contributed by atoms with E-state index in [1.165, 1.54) is 5.56 Å². The fourth-order valence-electron chi connectivity index (χ4n) is 2.33. The lowest BCUT2D eigenvalue weighted by atomic mass is 10.1. The van der Waals surface area contributed by atoms with E-state index in [1.54, 1.807) is 0 Å². The molecule has 0 fully saturated rings. The van der Waals surface area contributed by atoms with Crippen molar-refractivity contribution in [1.29, 1.82) is 0 Å². The molecular weight excluding hydrogens is 464 g/mol. The Balaban J connectivity index is 1.77. The van der Waals surface area contributed by atoms with Gasteiger partial charge in [-0.25, -0.2) is 0 Å². The number of halogens is 3. The summed E-state index contributed by atoms with van der Waals surface area (Å²) in [4.78, 5) is 12.4. The summed E-state index contributed by atoms with van der Waals surface area (Å²) in [5.74, 6) is -0.0464. The zero-order valence-electron chi connectivity index (χ0n) is 10.8. The van der Waals surface area contributed by atoms with E-state index >= 15 is 0 Å². The molecule has 0 bridgehead atoms. The van der Waals surface area contributed by atoms with Gasteiger partial charge in [0.1, 0.15) is 6.04 Å². The standard InChI is InChI=1S/C15H11Br3N2O/c16-9-6-10(17)14(11(18)7-9)20-15(21)13-5-8-3-1-2-4-12(8)19-13/h1-4,6-7,13,19H,5H2,(H,20,21). The van der Waals surface area contributed by atoms with Crippen LogP contribution >= 0.6 is 47.8 Å². The summed E-state index contributed by atoms with van der Waals surface area (Å²) in [6, 6.07) is 11.5. The van der Waals surface area contributed by atoms with Crippen LogP contribution in [0.25, 0.3) is 0 Å². The van der Waals surface area contributed by atoms with Crippen molar-refractivity contribution in [1.82, 2.24) is 0 Å². The molecule has 3 nitrogen and oxygen atoms in total. The summed E-state index contributed by atoms with van der Waals surface area (Å²) >= 11 is 10.4. The molecule has 1 unspecified atom stereocenters. The number of amides is 1. The number of rotatable bonds is 2. The van der Waals surface area contributed by atoms with Crippen LogP contribution in [-0.2, 0) is 11.2 Å². The van der Waals surface area contributed by atoms with Gasteiger partial charge in [-0.2, -0.15) is 0 Å². The van der Waals surface area contributed by atoms with Crippen molar-refractivity contribution >= 4 is 65.1 Å². The van der Waals surface area contributed by atoms with Crippen LogP contribution in [0.5, 0.6) is 0 Å². The third-order valence-electron chi connectivity index (χ3n) is 3.34. The van der Waals surface area contributed by atoms with Gasteiger partial charge in [-0.1, -0.05) is 34.1 Å². The summed E-state index contributed by atoms with van der Waals surface area (Å²) in [5, 5.41) is 6.22. The van der Waals surface area contributed by atoms with Crippen LogP contribution < -0.4 is 10.6 Å². The smallest absolute Gasteiger partial charge is 0.247 e. The minimum Gasteiger partial charge on any atom is -0.373 e. The number of fused-ring (bicyclic) bond motifs is 1. The molecule has 1 aliphatic heterocycles. The number of nitrogens with one attached hydrogen (secondary N) is 2. The van der Waals surface area contributed by atoms with Gasteiger partial charge in [0.2, 0.25) is 5.91 Å². The zero-order chi connectivity index (χ0) is 15.0. The SMILES string of the molecule is O=C(Nc1c(Br)cc(Br)cc1Br)C1Cc2ccccc2N1. The van der Waals surface area contributed by atoms with E-state index < -0.39 is 0 Å². The maximum Gasteiger partial charge on any atom is 0.247 e. The van der Waals surface area contributed by atoms with E-state index in [-0.39, 0.29) is 11.9 Å². The van der Waals surface area contributed by atoms with E-state index in [2.05, 4.69) is 58.4 Å². The van der Waals surface area contributed by atoms with Crippen molar-refractivity contribution in [2.45, 2.75) is 12.5 Å². The monoisotopic (exact) mass is 472 g/mol. The van der Waals surface area contributed by atoms with Gasteiger partial charge in [-0.3, -0.25) is 4.79 Å². The highest BCUT2D eigenvalue weighted by Crippen LogP contribution is 2.35. The van der Waals surface area contributed by atoms with E-state index in [9.17, 15) is 4.79 Å². The van der Waals surface area contributed by atoms with Gasteiger partial charge >= 0.3 is 0 Å². The normalized spacial score (nSPS) is 16.2. The highest BCUT2D eigenvalue weighted by atomic mass is 79.9. The van der Waals surface area contributed by atoms with Crippen LogP contribution in [0.4, 0.5) is 11.4 Å². The first-order valence-electron chi connectivity index (χ1n) is 6.34. The Kier molecular flexibility index (Phi) is 4.38. The summed E-state index contributed by atoms with van der Waals surface area (Å²) in [6.45, 7) is 0. The summed E-state index contributed by atoms with van der Waals surface area (Å²) in [6.07, 6.45) is 0.702. The molecule has 1 amide bonds. The second-order valence-electron chi connectivity index (χ2n) is 4.79. The highest BCUT2D eigenvalue weighted by molar-refractivity contribution is 9.11. The predicted molar refractivity (Wildman–Crippen MR) is 95.7 cm³/mol. The number of benzene rings is 2. The largest absolute Gasteiger partial charge is 0.373 e. The lowest BCUT2D eigenvalue weighted by Crippen LogP contribution is -2.33. The van der Waals surface area contributed by atoms with Crippen LogP contribution in [0.3, 0.4) is 0 Å². The van der Waals surface area contributed by atoms with E-state index in [1.807, 2.05) is 36.4 Å². The highest BCUT2D eigenvalue weighted by Gasteiger charge is 2.27. The fraction of sp³-hybridized carbons (Fsp3) is 0.133. The molecule has 2 aromatic carbocycles. The molecule has 108 valence electrons. The maximum atomic E-state index is 12.4. The molecule has 3 rings (SSSR count). The first-order chi connectivity index (χ1) is 10.0. The molecule has 2 N–H and O–H groups in total. The number of anilines is 2. The molecule has 0 aliphatic carbocycles. The van der Waals surface area contributed by atoms with Crippen molar-refractivity contribution < 1.29 is 4.79 Å². The first-order valence-corrected chi connectivity index (χ1v) is 8.72. The average Bonchev–Trinajstić information content (AvgIpc) is 2.86. The molecule has 1 atom stereocenters. The summed E-state index contributed by atoms with van der Waals surface area (Å²) < 4.78 is 2.59. The Morgan fingerprint density at radius 3 is 2.48 bits per heavy atom. The molecule has 1 heterocycles. The molecule has 1 aliphatic rings. The van der Waals surface area contributed by atoms with Gasteiger partial charge < -0.3 is 10.6 Å². The minimum atomic E-state index is -0.246. The van der Waals surface area contributed by atoms with Crippen LogP contribution in [-0.4, -0.2) is 11.9 Å². The van der Waals surface area contributed by atoms with Crippen LogP contribution in [0.2, 0.25) is 0 Å². The van der Waals surface area contributed by atoms with E-state index in [4.69, 9.17) is 0 Å². The Labute approximate surface area is 147 Å². The van der Waals surface area contributed by atoms with Crippen LogP contribution in [0.15, 0.2) is 49.8 Å². The Morgan fingerprint density at radius 1 is 1.14 bits per heavy atom. The number of hydrogen-bond acceptors (Lipinski definition) is 2. The molecule has 2 aromatic rings. The average molecular weight is 475 g/mol. The van der Waals surface area contributed by atoms with Gasteiger partial charge in [0.05, 0.1) is 5.69 Å². The third-order valence-corrected chi connectivity index (χ3v) is 5.05. The van der Waals surface area contributed by atoms with Gasteiger partial charge in [0.15, 0.2) is 0 Å². The number of carbonyl (C=O) groups is 1. The third kappa shape index (κ3) is 3.17. The fourth-order valence-corrected chi connectivity index (χ4v) is 4.78. The van der Waals surface area contributed by atoms with Gasteiger partial charge in [0, 0.05) is 25.5 Å². The number of para-hydroxylation sites is 1. The van der Waals surface area contributed by atoms with Crippen molar-refractivity contribution in [3.05, 3.63) is 55.4 Å². The van der Waals surface area contributed by atoms with E-state index in [0.717, 1.165) is 24.8 Å². The molecular formula is C15H11Br3N2O. The first kappa shape index (κ1) is 15.1. The van der Waals surface area contributed by atoms with Crippen molar-refractivity contribution in [2.75, 3.05) is 10.6 Å². The minimum absolute atomic E-state index is 0.0464. The summed E-state index contributed by atoms with van der Waals surface area (Å²) in [5.41, 5.74) is 2.94. The second kappa shape index (κ2) is 6.10. The van der Waals surface area contributed by atoms with Gasteiger partial charge in [-0.15, -0.1) is 0 Å². The van der Waals surface area contributed by atoms with Gasteiger partial charge in [-0.05, 0) is 55.6 Å². The molecule has 0 saturated heterocycles. The Morgan fingerprint density at radius 2 is 1.81 bits per heavy atom. The predicted octanol–water partition coefficient (Wildman–Crippen LogP) is 4.95. The Hall–Kier alpha value is -0.850. The maximum absolute atomic E-state index is 12.4. The second-order valence-corrected chi connectivity index (χ2v) is 7.42. The lowest BCUT2D eigenvalue weighted by molar-refractivity contribution is -0.116. The topological polar surface area (TPSA) is 41.1 Å². The van der Waals surface area contributed by atoms with E-state index in [0.29, 0.717) is 6.42 Å².